The number of benzene rings is 1. The maximum Gasteiger partial charge on any atom is 0.131 e. The molecule has 0 aliphatic heterocycles. The van der Waals surface area contributed by atoms with E-state index in [9.17, 15) is 0 Å². The Hall–Kier alpha value is -1.22. The summed E-state index contributed by atoms with van der Waals surface area (Å²) in [4.78, 5) is 0. The minimum absolute atomic E-state index is 0.830. The highest BCUT2D eigenvalue weighted by molar-refractivity contribution is 5.40. The molecule has 0 heterocycles. The predicted molar refractivity (Wildman–Crippen MR) is 51.1 cm³/mol. The van der Waals surface area contributed by atoms with Crippen molar-refractivity contribution in [1.82, 2.24) is 0 Å². The second-order valence-electron chi connectivity index (χ2n) is 2.79. The van der Waals surface area contributed by atoms with E-state index in [0.29, 0.717) is 0 Å². The zero-order valence-electron chi connectivity index (χ0n) is 8.33. The van der Waals surface area contributed by atoms with Crippen LogP contribution in [0.1, 0.15) is 5.56 Å². The lowest BCUT2D eigenvalue weighted by Gasteiger charge is -2.08. The molecule has 72 valence electrons. The molecule has 0 saturated carbocycles. The lowest BCUT2D eigenvalue weighted by atomic mass is 10.2. The Labute approximate surface area is 78.7 Å². The van der Waals surface area contributed by atoms with E-state index < -0.39 is 0 Å². The van der Waals surface area contributed by atoms with Gasteiger partial charge in [0, 0.05) is 11.6 Å². The molecule has 0 fully saturated rings. The fourth-order valence-corrected chi connectivity index (χ4v) is 1.24. The molecule has 0 bridgehead atoms. The first-order valence-corrected chi connectivity index (χ1v) is 4.30. The molecular formula is C10H16NO2+. The van der Waals surface area contributed by atoms with Crippen molar-refractivity contribution in [3.63, 3.8) is 0 Å². The first-order chi connectivity index (χ1) is 6.31. The Bertz CT molecular complexity index is 274. The van der Waals surface area contributed by atoms with E-state index in [-0.39, 0.29) is 0 Å². The molecular weight excluding hydrogens is 166 g/mol. The van der Waals surface area contributed by atoms with Crippen molar-refractivity contribution in [1.29, 1.82) is 0 Å². The van der Waals surface area contributed by atoms with Crippen molar-refractivity contribution >= 4 is 0 Å². The van der Waals surface area contributed by atoms with Gasteiger partial charge in [0.1, 0.15) is 18.0 Å². The molecule has 1 aromatic carbocycles. The zero-order chi connectivity index (χ0) is 9.68. The largest absolute Gasteiger partial charge is 0.497 e. The second kappa shape index (κ2) is 4.72. The van der Waals surface area contributed by atoms with Gasteiger partial charge in [-0.05, 0) is 12.1 Å². The molecule has 0 aromatic heterocycles. The molecule has 0 unspecified atom stereocenters. The molecule has 0 atom stereocenters. The molecule has 0 radical (unpaired) electrons. The van der Waals surface area contributed by atoms with Crippen molar-refractivity contribution in [2.75, 3.05) is 21.3 Å². The van der Waals surface area contributed by atoms with E-state index in [1.807, 2.05) is 25.2 Å². The minimum Gasteiger partial charge on any atom is -0.497 e. The number of hydrogen-bond donors (Lipinski definition) is 1. The summed E-state index contributed by atoms with van der Waals surface area (Å²) in [7, 11) is 5.36. The molecule has 0 aliphatic carbocycles. The fourth-order valence-electron chi connectivity index (χ4n) is 1.24. The SMILES string of the molecule is C[NH2+]Cc1ccc(OC)cc1OC. The summed E-state index contributed by atoms with van der Waals surface area (Å²) < 4.78 is 10.3. The highest BCUT2D eigenvalue weighted by Gasteiger charge is 2.04. The smallest absolute Gasteiger partial charge is 0.131 e. The van der Waals surface area contributed by atoms with Crippen LogP contribution in [0.15, 0.2) is 18.2 Å². The first kappa shape index (κ1) is 9.86. The Balaban J connectivity index is 2.93. The summed E-state index contributed by atoms with van der Waals surface area (Å²) >= 11 is 0. The topological polar surface area (TPSA) is 35.1 Å². The van der Waals surface area contributed by atoms with Crippen LogP contribution in [0.25, 0.3) is 0 Å². The molecule has 3 nitrogen and oxygen atoms in total. The van der Waals surface area contributed by atoms with E-state index >= 15 is 0 Å². The van der Waals surface area contributed by atoms with Crippen LogP contribution in [0.3, 0.4) is 0 Å². The van der Waals surface area contributed by atoms with Crippen LogP contribution < -0.4 is 14.8 Å². The molecule has 2 N–H and O–H groups in total. The maximum absolute atomic E-state index is 5.24. The maximum atomic E-state index is 5.24. The monoisotopic (exact) mass is 182 g/mol. The van der Waals surface area contributed by atoms with Gasteiger partial charge in [-0.2, -0.15) is 0 Å². The summed E-state index contributed by atoms with van der Waals surface area (Å²) in [5.41, 5.74) is 1.19. The Morgan fingerprint density at radius 2 is 2.00 bits per heavy atom. The number of quaternary nitrogens is 1. The van der Waals surface area contributed by atoms with Crippen molar-refractivity contribution in [3.8, 4) is 11.5 Å². The van der Waals surface area contributed by atoms with Crippen molar-refractivity contribution in [2.24, 2.45) is 0 Å². The highest BCUT2D eigenvalue weighted by atomic mass is 16.5. The second-order valence-corrected chi connectivity index (χ2v) is 2.79. The van der Waals surface area contributed by atoms with Crippen LogP contribution in [-0.4, -0.2) is 21.3 Å². The zero-order valence-corrected chi connectivity index (χ0v) is 8.33. The summed E-state index contributed by atoms with van der Waals surface area (Å²) in [6, 6.07) is 5.87. The van der Waals surface area contributed by atoms with Gasteiger partial charge >= 0.3 is 0 Å². The minimum atomic E-state index is 0.830. The molecule has 0 spiro atoms. The van der Waals surface area contributed by atoms with E-state index in [1.165, 1.54) is 5.56 Å². The van der Waals surface area contributed by atoms with E-state index in [0.717, 1.165) is 18.0 Å². The quantitative estimate of drug-likeness (QED) is 0.731. The molecule has 0 aliphatic rings. The normalized spacial score (nSPS) is 9.77. The van der Waals surface area contributed by atoms with Crippen LogP contribution in [0, 0.1) is 0 Å². The fraction of sp³-hybridized carbons (Fsp3) is 0.400. The van der Waals surface area contributed by atoms with Gasteiger partial charge in [-0.15, -0.1) is 0 Å². The standard InChI is InChI=1S/C10H15NO2/c1-11-7-8-4-5-9(12-2)6-10(8)13-3/h4-6,11H,7H2,1-3H3/p+1. The third-order valence-corrected chi connectivity index (χ3v) is 1.92. The first-order valence-electron chi connectivity index (χ1n) is 4.30. The third-order valence-electron chi connectivity index (χ3n) is 1.92. The number of rotatable bonds is 4. The molecule has 0 amide bonds. The van der Waals surface area contributed by atoms with Crippen molar-refractivity contribution < 1.29 is 14.8 Å². The lowest BCUT2D eigenvalue weighted by molar-refractivity contribution is -0.643. The molecule has 1 aromatic rings. The number of ether oxygens (including phenoxy) is 2. The highest BCUT2D eigenvalue weighted by Crippen LogP contribution is 2.23. The van der Waals surface area contributed by atoms with Gasteiger partial charge in [0.05, 0.1) is 21.3 Å². The summed E-state index contributed by atoms with van der Waals surface area (Å²) in [6.07, 6.45) is 0. The van der Waals surface area contributed by atoms with Gasteiger partial charge < -0.3 is 14.8 Å². The van der Waals surface area contributed by atoms with Gasteiger partial charge in [-0.1, -0.05) is 0 Å². The van der Waals surface area contributed by atoms with Crippen molar-refractivity contribution in [2.45, 2.75) is 6.54 Å². The predicted octanol–water partition coefficient (Wildman–Crippen LogP) is 0.397. The molecule has 1 rings (SSSR count). The number of nitrogens with two attached hydrogens (primary N) is 1. The van der Waals surface area contributed by atoms with Gasteiger partial charge in [-0.25, -0.2) is 0 Å². The molecule has 0 saturated heterocycles. The van der Waals surface area contributed by atoms with Crippen molar-refractivity contribution in [3.05, 3.63) is 23.8 Å². The molecule has 3 heteroatoms. The van der Waals surface area contributed by atoms with Gasteiger partial charge in [0.15, 0.2) is 0 Å². The summed E-state index contributed by atoms with van der Waals surface area (Å²) in [5.74, 6) is 1.72. The Kier molecular flexibility index (Phi) is 3.58. The van der Waals surface area contributed by atoms with Crippen LogP contribution in [0.5, 0.6) is 11.5 Å². The van der Waals surface area contributed by atoms with E-state index in [4.69, 9.17) is 9.47 Å². The van der Waals surface area contributed by atoms with Crippen LogP contribution >= 0.6 is 0 Å². The summed E-state index contributed by atoms with van der Waals surface area (Å²) in [6.45, 7) is 0.924. The lowest BCUT2D eigenvalue weighted by Crippen LogP contribution is -2.77. The molecule has 13 heavy (non-hydrogen) atoms. The van der Waals surface area contributed by atoms with Gasteiger partial charge in [0.2, 0.25) is 0 Å². The van der Waals surface area contributed by atoms with Gasteiger partial charge in [-0.3, -0.25) is 0 Å². The summed E-state index contributed by atoms with van der Waals surface area (Å²) in [5, 5.41) is 2.10. The van der Waals surface area contributed by atoms with Gasteiger partial charge in [0.25, 0.3) is 0 Å². The van der Waals surface area contributed by atoms with E-state index in [2.05, 4.69) is 5.32 Å². The van der Waals surface area contributed by atoms with E-state index in [1.54, 1.807) is 14.2 Å². The van der Waals surface area contributed by atoms with Crippen LogP contribution in [0.2, 0.25) is 0 Å². The van der Waals surface area contributed by atoms with Crippen LogP contribution in [-0.2, 0) is 6.54 Å². The average Bonchev–Trinajstić information content (AvgIpc) is 2.19. The Morgan fingerprint density at radius 1 is 1.23 bits per heavy atom. The number of methoxy groups -OCH3 is 2. The van der Waals surface area contributed by atoms with Crippen LogP contribution in [0.4, 0.5) is 0 Å². The third kappa shape index (κ3) is 2.36. The number of hydrogen-bond acceptors (Lipinski definition) is 2. The Morgan fingerprint density at radius 3 is 2.54 bits per heavy atom. The average molecular weight is 182 g/mol.